The molecule has 0 bridgehead atoms. The molecule has 4 aromatic rings. The first-order valence-electron chi connectivity index (χ1n) is 10.2. The molecule has 1 heterocycles. The van der Waals surface area contributed by atoms with Crippen LogP contribution in [0.5, 0.6) is 0 Å². The topological polar surface area (TPSA) is 138 Å². The fourth-order valence-electron chi connectivity index (χ4n) is 3.17. The number of nitrogens with zero attached hydrogens (tertiary/aromatic N) is 2. The third kappa shape index (κ3) is 5.92. The molecule has 0 aliphatic heterocycles. The summed E-state index contributed by atoms with van der Waals surface area (Å²) in [4.78, 5) is 23.6. The Morgan fingerprint density at radius 1 is 0.892 bits per heavy atom. The summed E-state index contributed by atoms with van der Waals surface area (Å²) in [5.74, 6) is -1.96. The first kappa shape index (κ1) is 25.8. The number of rotatable bonds is 7. The zero-order valence-electron chi connectivity index (χ0n) is 18.4. The number of nitrogens with one attached hydrogen (secondary N) is 2. The maximum atomic E-state index is 13.0. The minimum Gasteiger partial charge on any atom is -0.478 e. The van der Waals surface area contributed by atoms with Gasteiger partial charge in [-0.05, 0) is 48.5 Å². The summed E-state index contributed by atoms with van der Waals surface area (Å²) >= 11 is 0.755. The van der Waals surface area contributed by atoms with Crippen molar-refractivity contribution in [1.82, 2.24) is 10.2 Å². The Balaban J connectivity index is 1.47. The zero-order chi connectivity index (χ0) is 26.8. The largest absolute Gasteiger partial charge is 0.478 e. The van der Waals surface area contributed by atoms with E-state index in [1.165, 1.54) is 60.7 Å². The summed E-state index contributed by atoms with van der Waals surface area (Å²) in [5.41, 5.74) is -0.790. The van der Waals surface area contributed by atoms with E-state index < -0.39 is 33.6 Å². The number of aromatic carboxylic acids is 1. The second-order valence-corrected chi connectivity index (χ2v) is 10.1. The minimum atomic E-state index is -4.55. The van der Waals surface area contributed by atoms with Gasteiger partial charge in [0.25, 0.3) is 15.9 Å². The molecule has 0 fully saturated rings. The number of hydrogen-bond acceptors (Lipinski definition) is 7. The van der Waals surface area contributed by atoms with Gasteiger partial charge in [-0.3, -0.25) is 9.52 Å². The molecule has 0 unspecified atom stereocenters. The average molecular weight is 549 g/mol. The van der Waals surface area contributed by atoms with Gasteiger partial charge in [0.1, 0.15) is 5.01 Å². The fraction of sp³-hybridized carbons (Fsp3) is 0.0435. The molecular formula is C23H15F3N4O5S2. The molecule has 3 aromatic carbocycles. The summed E-state index contributed by atoms with van der Waals surface area (Å²) in [6, 6.07) is 15.1. The average Bonchev–Trinajstić information content (AvgIpc) is 3.31. The predicted molar refractivity (Wildman–Crippen MR) is 129 cm³/mol. The smallest absolute Gasteiger partial charge is 0.416 e. The van der Waals surface area contributed by atoms with Gasteiger partial charge in [0, 0.05) is 11.3 Å². The first-order valence-corrected chi connectivity index (χ1v) is 12.5. The monoisotopic (exact) mass is 548 g/mol. The number of aromatic nitrogens is 2. The van der Waals surface area contributed by atoms with Crippen molar-refractivity contribution < 1.29 is 36.3 Å². The van der Waals surface area contributed by atoms with Crippen LogP contribution in [0.1, 0.15) is 26.3 Å². The van der Waals surface area contributed by atoms with Crippen molar-refractivity contribution in [2.45, 2.75) is 11.1 Å². The lowest BCUT2D eigenvalue weighted by molar-refractivity contribution is -0.137. The lowest BCUT2D eigenvalue weighted by atomic mass is 10.1. The van der Waals surface area contributed by atoms with Gasteiger partial charge in [-0.2, -0.15) is 13.2 Å². The van der Waals surface area contributed by atoms with E-state index >= 15 is 0 Å². The Morgan fingerprint density at radius 2 is 1.57 bits per heavy atom. The van der Waals surface area contributed by atoms with Crippen molar-refractivity contribution in [1.29, 1.82) is 0 Å². The van der Waals surface area contributed by atoms with Crippen LogP contribution in [0.15, 0.2) is 77.7 Å². The van der Waals surface area contributed by atoms with E-state index in [4.69, 9.17) is 0 Å². The number of sulfonamides is 1. The summed E-state index contributed by atoms with van der Waals surface area (Å²) in [5, 5.41) is 19.1. The number of benzene rings is 3. The number of halogens is 3. The van der Waals surface area contributed by atoms with Crippen molar-refractivity contribution in [3.05, 3.63) is 89.5 Å². The van der Waals surface area contributed by atoms with Crippen LogP contribution in [0.3, 0.4) is 0 Å². The van der Waals surface area contributed by atoms with Crippen LogP contribution >= 0.6 is 11.3 Å². The Labute approximate surface area is 211 Å². The number of alkyl halides is 3. The van der Waals surface area contributed by atoms with Crippen LogP contribution < -0.4 is 10.0 Å². The quantitative estimate of drug-likeness (QED) is 0.296. The lowest BCUT2D eigenvalue weighted by Gasteiger charge is -2.09. The summed E-state index contributed by atoms with van der Waals surface area (Å²) < 4.78 is 66.6. The summed E-state index contributed by atoms with van der Waals surface area (Å²) in [6.07, 6.45) is -4.55. The first-order chi connectivity index (χ1) is 17.4. The Bertz CT molecular complexity index is 1590. The molecule has 0 saturated heterocycles. The molecular weight excluding hydrogens is 533 g/mol. The number of carboxylic acid groups (broad SMARTS) is 1. The van der Waals surface area contributed by atoms with Gasteiger partial charge < -0.3 is 10.4 Å². The number of carbonyl (C=O) groups is 2. The summed E-state index contributed by atoms with van der Waals surface area (Å²) in [7, 11) is -4.14. The highest BCUT2D eigenvalue weighted by molar-refractivity contribution is 7.93. The van der Waals surface area contributed by atoms with E-state index in [2.05, 4.69) is 20.2 Å². The van der Waals surface area contributed by atoms with Crippen molar-refractivity contribution in [2.75, 3.05) is 10.0 Å². The fourth-order valence-corrected chi connectivity index (χ4v) is 5.14. The third-order valence-electron chi connectivity index (χ3n) is 4.91. The maximum absolute atomic E-state index is 13.0. The highest BCUT2D eigenvalue weighted by Gasteiger charge is 2.30. The SMILES string of the molecule is O=C(O)c1ccccc1C(=O)Nc1ccc(S(=O)(=O)Nc2nnc(-c3cccc(C(F)(F)F)c3)s2)cc1. The van der Waals surface area contributed by atoms with Crippen LogP contribution in [0, 0.1) is 0 Å². The molecule has 190 valence electrons. The molecule has 9 nitrogen and oxygen atoms in total. The molecule has 37 heavy (non-hydrogen) atoms. The van der Waals surface area contributed by atoms with Crippen LogP contribution in [0.2, 0.25) is 0 Å². The van der Waals surface area contributed by atoms with E-state index in [0.29, 0.717) is 0 Å². The van der Waals surface area contributed by atoms with Gasteiger partial charge in [0.05, 0.1) is 21.6 Å². The molecule has 0 atom stereocenters. The van der Waals surface area contributed by atoms with Crippen LogP contribution in [-0.2, 0) is 16.2 Å². The van der Waals surface area contributed by atoms with Gasteiger partial charge in [-0.1, -0.05) is 35.6 Å². The van der Waals surface area contributed by atoms with E-state index in [-0.39, 0.29) is 37.4 Å². The number of hydrogen-bond donors (Lipinski definition) is 3. The maximum Gasteiger partial charge on any atom is 0.416 e. The van der Waals surface area contributed by atoms with E-state index in [1.807, 2.05) is 0 Å². The molecule has 0 saturated carbocycles. The minimum absolute atomic E-state index is 0.0683. The predicted octanol–water partition coefficient (Wildman–Crippen LogP) is 4.98. The van der Waals surface area contributed by atoms with E-state index in [0.717, 1.165) is 23.5 Å². The molecule has 0 radical (unpaired) electrons. The third-order valence-corrected chi connectivity index (χ3v) is 7.28. The van der Waals surface area contributed by atoms with Crippen molar-refractivity contribution in [3.8, 4) is 10.6 Å². The van der Waals surface area contributed by atoms with E-state index in [1.54, 1.807) is 0 Å². The number of anilines is 2. The molecule has 1 aromatic heterocycles. The molecule has 14 heteroatoms. The highest BCUT2D eigenvalue weighted by atomic mass is 32.2. The second kappa shape index (κ2) is 9.99. The molecule has 1 amide bonds. The Kier molecular flexibility index (Phi) is 6.96. The van der Waals surface area contributed by atoms with Gasteiger partial charge in [-0.25, -0.2) is 13.2 Å². The Morgan fingerprint density at radius 3 is 2.22 bits per heavy atom. The molecule has 0 aliphatic rings. The summed E-state index contributed by atoms with van der Waals surface area (Å²) in [6.45, 7) is 0. The van der Waals surface area contributed by atoms with Crippen molar-refractivity contribution in [2.24, 2.45) is 0 Å². The van der Waals surface area contributed by atoms with E-state index in [9.17, 15) is 36.3 Å². The molecule has 0 aliphatic carbocycles. The number of carbonyl (C=O) groups excluding carboxylic acids is 1. The van der Waals surface area contributed by atoms with Crippen molar-refractivity contribution in [3.63, 3.8) is 0 Å². The number of carboxylic acids is 1. The van der Waals surface area contributed by atoms with Gasteiger partial charge in [-0.15, -0.1) is 10.2 Å². The van der Waals surface area contributed by atoms with Gasteiger partial charge in [0.2, 0.25) is 5.13 Å². The van der Waals surface area contributed by atoms with Crippen LogP contribution in [-0.4, -0.2) is 35.6 Å². The standard InChI is InChI=1S/C23H15F3N4O5S2/c24-23(25,26)14-5-3-4-13(12-14)20-28-29-22(36-20)30-37(34,35)16-10-8-15(9-11-16)27-19(31)17-6-1-2-7-18(17)21(32)33/h1-12H,(H,27,31)(H,29,30)(H,32,33). The normalized spacial score (nSPS) is 11.6. The van der Waals surface area contributed by atoms with Crippen LogP contribution in [0.25, 0.3) is 10.6 Å². The number of amides is 1. The zero-order valence-corrected chi connectivity index (χ0v) is 20.0. The Hall–Kier alpha value is -4.30. The van der Waals surface area contributed by atoms with Gasteiger partial charge in [0.15, 0.2) is 0 Å². The highest BCUT2D eigenvalue weighted by Crippen LogP contribution is 2.34. The van der Waals surface area contributed by atoms with Gasteiger partial charge >= 0.3 is 12.1 Å². The molecule has 4 rings (SSSR count). The molecule has 0 spiro atoms. The van der Waals surface area contributed by atoms with Crippen molar-refractivity contribution >= 4 is 44.1 Å². The lowest BCUT2D eigenvalue weighted by Crippen LogP contribution is -2.16. The van der Waals surface area contributed by atoms with Crippen LogP contribution in [0.4, 0.5) is 24.0 Å². The molecule has 3 N–H and O–H groups in total. The second-order valence-electron chi connectivity index (χ2n) is 7.43.